The largest absolute Gasteiger partial charge is 0.490 e. The van der Waals surface area contributed by atoms with Gasteiger partial charge in [-0.15, -0.1) is 0 Å². The molecule has 2 aliphatic heterocycles. The lowest BCUT2D eigenvalue weighted by Gasteiger charge is -2.29. The number of para-hydroxylation sites is 3. The second-order valence-electron chi connectivity index (χ2n) is 6.36. The molecule has 6 heteroatoms. The molecule has 3 aromatic rings. The zero-order chi connectivity index (χ0) is 17.7. The van der Waals surface area contributed by atoms with Gasteiger partial charge in [0, 0.05) is 18.2 Å². The molecule has 0 aliphatic carbocycles. The molecular weight excluding hydrogens is 330 g/mol. The summed E-state index contributed by atoms with van der Waals surface area (Å²) in [5, 5.41) is 4.54. The zero-order valence-corrected chi connectivity index (χ0v) is 14.3. The van der Waals surface area contributed by atoms with E-state index in [-0.39, 0.29) is 5.91 Å². The molecule has 0 spiro atoms. The van der Waals surface area contributed by atoms with Gasteiger partial charge in [-0.1, -0.05) is 24.3 Å². The van der Waals surface area contributed by atoms with Gasteiger partial charge >= 0.3 is 0 Å². The lowest BCUT2D eigenvalue weighted by molar-refractivity contribution is 0.0968. The molecule has 0 saturated heterocycles. The van der Waals surface area contributed by atoms with Gasteiger partial charge < -0.3 is 14.4 Å². The SMILES string of the molecule is Cn1nc(C(=O)N2CCOc3ccccc32)c2c1-c1ccccc1OC2. The fourth-order valence-corrected chi connectivity index (χ4v) is 3.66. The number of aromatic nitrogens is 2. The summed E-state index contributed by atoms with van der Waals surface area (Å²) in [5.74, 6) is 1.41. The van der Waals surface area contributed by atoms with Crippen molar-refractivity contribution in [3.63, 3.8) is 0 Å². The molecule has 0 fully saturated rings. The minimum Gasteiger partial charge on any atom is -0.490 e. The van der Waals surface area contributed by atoms with E-state index in [4.69, 9.17) is 9.47 Å². The van der Waals surface area contributed by atoms with Crippen molar-refractivity contribution >= 4 is 11.6 Å². The van der Waals surface area contributed by atoms with Gasteiger partial charge in [0.15, 0.2) is 5.69 Å². The van der Waals surface area contributed by atoms with Gasteiger partial charge in [0.2, 0.25) is 0 Å². The molecular formula is C20H17N3O3. The van der Waals surface area contributed by atoms with Crippen LogP contribution in [0.1, 0.15) is 16.1 Å². The number of carbonyl (C=O) groups is 1. The van der Waals surface area contributed by atoms with Crippen LogP contribution in [0.25, 0.3) is 11.3 Å². The van der Waals surface area contributed by atoms with E-state index in [9.17, 15) is 4.79 Å². The van der Waals surface area contributed by atoms with Crippen LogP contribution in [0.3, 0.4) is 0 Å². The molecule has 26 heavy (non-hydrogen) atoms. The highest BCUT2D eigenvalue weighted by atomic mass is 16.5. The second-order valence-corrected chi connectivity index (χ2v) is 6.36. The van der Waals surface area contributed by atoms with Crippen molar-refractivity contribution in [3.05, 3.63) is 59.8 Å². The van der Waals surface area contributed by atoms with E-state index >= 15 is 0 Å². The summed E-state index contributed by atoms with van der Waals surface area (Å²) in [6, 6.07) is 15.4. The molecule has 1 aromatic heterocycles. The first kappa shape index (κ1) is 15.0. The third kappa shape index (κ3) is 2.12. The molecule has 2 aromatic carbocycles. The first-order valence-corrected chi connectivity index (χ1v) is 8.56. The van der Waals surface area contributed by atoms with E-state index in [1.807, 2.05) is 55.6 Å². The maximum Gasteiger partial charge on any atom is 0.279 e. The summed E-state index contributed by atoms with van der Waals surface area (Å²) in [6.45, 7) is 1.31. The molecule has 0 bridgehead atoms. The van der Waals surface area contributed by atoms with Crippen molar-refractivity contribution in [3.8, 4) is 22.8 Å². The number of hydrogen-bond donors (Lipinski definition) is 0. The topological polar surface area (TPSA) is 56.6 Å². The molecule has 130 valence electrons. The minimum absolute atomic E-state index is 0.124. The summed E-state index contributed by atoms with van der Waals surface area (Å²) < 4.78 is 13.3. The molecule has 0 atom stereocenters. The van der Waals surface area contributed by atoms with Gasteiger partial charge in [0.1, 0.15) is 24.7 Å². The Morgan fingerprint density at radius 3 is 2.69 bits per heavy atom. The Bertz CT molecular complexity index is 1020. The monoisotopic (exact) mass is 347 g/mol. The summed E-state index contributed by atoms with van der Waals surface area (Å²) in [6.07, 6.45) is 0. The lowest BCUT2D eigenvalue weighted by Crippen LogP contribution is -2.38. The smallest absolute Gasteiger partial charge is 0.279 e. The van der Waals surface area contributed by atoms with Gasteiger partial charge in [0.25, 0.3) is 5.91 Å². The number of hydrogen-bond acceptors (Lipinski definition) is 4. The average Bonchev–Trinajstić information content (AvgIpc) is 3.04. The van der Waals surface area contributed by atoms with Gasteiger partial charge in [-0.3, -0.25) is 9.48 Å². The Morgan fingerprint density at radius 2 is 1.81 bits per heavy atom. The third-order valence-corrected chi connectivity index (χ3v) is 4.84. The highest BCUT2D eigenvalue weighted by molar-refractivity contribution is 6.07. The zero-order valence-electron chi connectivity index (χ0n) is 14.3. The highest BCUT2D eigenvalue weighted by Crippen LogP contribution is 2.39. The minimum atomic E-state index is -0.124. The number of anilines is 1. The number of benzene rings is 2. The maximum atomic E-state index is 13.3. The van der Waals surface area contributed by atoms with Gasteiger partial charge in [-0.2, -0.15) is 5.10 Å². The van der Waals surface area contributed by atoms with Crippen LogP contribution in [0.4, 0.5) is 5.69 Å². The van der Waals surface area contributed by atoms with Crippen LogP contribution in [0, 0.1) is 0 Å². The summed E-state index contributed by atoms with van der Waals surface area (Å²) in [7, 11) is 1.87. The normalized spacial score (nSPS) is 14.6. The fourth-order valence-electron chi connectivity index (χ4n) is 3.66. The molecule has 3 heterocycles. The predicted molar refractivity (Wildman–Crippen MR) is 96.6 cm³/mol. The Balaban J connectivity index is 1.61. The van der Waals surface area contributed by atoms with Crippen LogP contribution >= 0.6 is 0 Å². The molecule has 5 rings (SSSR count). The van der Waals surface area contributed by atoms with E-state index in [1.165, 1.54) is 0 Å². The van der Waals surface area contributed by atoms with Crippen LogP contribution in [0.5, 0.6) is 11.5 Å². The van der Waals surface area contributed by atoms with Gasteiger partial charge in [-0.05, 0) is 24.3 Å². The van der Waals surface area contributed by atoms with E-state index in [2.05, 4.69) is 5.10 Å². The molecule has 6 nitrogen and oxygen atoms in total. The lowest BCUT2D eigenvalue weighted by atomic mass is 10.0. The number of amides is 1. The van der Waals surface area contributed by atoms with E-state index in [1.54, 1.807) is 9.58 Å². The van der Waals surface area contributed by atoms with Crippen LogP contribution in [-0.2, 0) is 13.7 Å². The van der Waals surface area contributed by atoms with Crippen molar-refractivity contribution in [2.45, 2.75) is 6.61 Å². The maximum absolute atomic E-state index is 13.3. The molecule has 1 amide bonds. The standard InChI is InChI=1S/C20H17N3O3/c1-22-19-13-6-2-4-8-16(13)26-12-14(19)18(21-22)20(24)23-10-11-25-17-9-5-3-7-15(17)23/h2-9H,10-12H2,1H3. The predicted octanol–water partition coefficient (Wildman–Crippen LogP) is 3.02. The first-order valence-electron chi connectivity index (χ1n) is 8.56. The molecule has 0 N–H and O–H groups in total. The third-order valence-electron chi connectivity index (χ3n) is 4.84. The second kappa shape index (κ2) is 5.62. The number of nitrogens with zero attached hydrogens (tertiary/aromatic N) is 3. The van der Waals surface area contributed by atoms with Crippen molar-refractivity contribution < 1.29 is 14.3 Å². The summed E-state index contributed by atoms with van der Waals surface area (Å²) >= 11 is 0. The van der Waals surface area contributed by atoms with Gasteiger partial charge in [-0.25, -0.2) is 0 Å². The van der Waals surface area contributed by atoms with Crippen molar-refractivity contribution in [1.29, 1.82) is 0 Å². The number of aryl methyl sites for hydroxylation is 1. The molecule has 0 radical (unpaired) electrons. The Kier molecular flexibility index (Phi) is 3.25. The summed E-state index contributed by atoms with van der Waals surface area (Å²) in [5.41, 5.74) is 3.95. The van der Waals surface area contributed by atoms with Crippen LogP contribution < -0.4 is 14.4 Å². The van der Waals surface area contributed by atoms with Crippen LogP contribution in [0.15, 0.2) is 48.5 Å². The van der Waals surface area contributed by atoms with Crippen LogP contribution in [0.2, 0.25) is 0 Å². The van der Waals surface area contributed by atoms with E-state index in [0.717, 1.165) is 34.0 Å². The molecule has 0 unspecified atom stereocenters. The van der Waals surface area contributed by atoms with Crippen LogP contribution in [-0.4, -0.2) is 28.8 Å². The fraction of sp³-hybridized carbons (Fsp3) is 0.200. The van der Waals surface area contributed by atoms with Gasteiger partial charge in [0.05, 0.1) is 17.9 Å². The number of rotatable bonds is 1. The van der Waals surface area contributed by atoms with Crippen molar-refractivity contribution in [1.82, 2.24) is 9.78 Å². The Labute approximate surface area is 150 Å². The van der Waals surface area contributed by atoms with Crippen molar-refractivity contribution in [2.75, 3.05) is 18.1 Å². The van der Waals surface area contributed by atoms with E-state index in [0.29, 0.717) is 25.5 Å². The average molecular weight is 347 g/mol. The Morgan fingerprint density at radius 1 is 1.04 bits per heavy atom. The quantitative estimate of drug-likeness (QED) is 0.679. The highest BCUT2D eigenvalue weighted by Gasteiger charge is 2.32. The first-order chi connectivity index (χ1) is 12.7. The van der Waals surface area contributed by atoms with E-state index < -0.39 is 0 Å². The molecule has 2 aliphatic rings. The number of fused-ring (bicyclic) bond motifs is 4. The van der Waals surface area contributed by atoms with Crippen molar-refractivity contribution in [2.24, 2.45) is 7.05 Å². The number of carbonyl (C=O) groups excluding carboxylic acids is 1. The summed E-state index contributed by atoms with van der Waals surface area (Å²) in [4.78, 5) is 15.0. The Hall–Kier alpha value is -3.28. The number of ether oxygens (including phenoxy) is 2. The molecule has 0 saturated carbocycles.